The number of benzene rings is 1. The molecule has 14 heteroatoms. The topological polar surface area (TPSA) is 99.3 Å². The monoisotopic (exact) mass is 520 g/mol. The second kappa shape index (κ2) is 7.95. The number of ether oxygens (including phenoxy) is 1. The largest absolute Gasteiger partial charge is 0.449 e. The number of likely N-dealkylation sites (tertiary alicyclic amines) is 2. The van der Waals surface area contributed by atoms with Gasteiger partial charge in [0.15, 0.2) is 0 Å². The van der Waals surface area contributed by atoms with Crippen molar-refractivity contribution in [3.8, 4) is 0 Å². The SMILES string of the molecule is O=C1NC2(CCO1)CN(C(=O)N1CC3(CCN(S(=O)(=O)c4ccc(C(F)(F)F)cc4F)CC3)C1)C2. The summed E-state index contributed by atoms with van der Waals surface area (Å²) >= 11 is 0. The van der Waals surface area contributed by atoms with Gasteiger partial charge < -0.3 is 19.9 Å². The Morgan fingerprint density at radius 3 is 2.23 bits per heavy atom. The van der Waals surface area contributed by atoms with Crippen molar-refractivity contribution >= 4 is 22.1 Å². The van der Waals surface area contributed by atoms with Crippen LogP contribution in [-0.2, 0) is 20.9 Å². The van der Waals surface area contributed by atoms with Gasteiger partial charge in [-0.3, -0.25) is 0 Å². The maximum absolute atomic E-state index is 14.3. The molecule has 4 aliphatic heterocycles. The van der Waals surface area contributed by atoms with E-state index in [4.69, 9.17) is 4.74 Å². The summed E-state index contributed by atoms with van der Waals surface area (Å²) in [5, 5.41) is 2.77. The number of nitrogens with zero attached hydrogens (tertiary/aromatic N) is 3. The van der Waals surface area contributed by atoms with E-state index in [2.05, 4.69) is 5.32 Å². The molecule has 0 saturated carbocycles. The standard InChI is InChI=1S/C21H24F4N4O5S/c22-15-9-14(21(23,24)25)1-2-16(15)35(32,33)29-6-3-19(4-7-29)10-27(11-19)18(31)28-12-20(13-28)5-8-34-17(30)26-20/h1-2,9H,3-8,10-13H2,(H,26,30). The molecule has 0 atom stereocenters. The van der Waals surface area contributed by atoms with Gasteiger partial charge in [-0.25, -0.2) is 22.4 Å². The summed E-state index contributed by atoms with van der Waals surface area (Å²) in [6.45, 7) is 2.24. The van der Waals surface area contributed by atoms with Gasteiger partial charge in [-0.05, 0) is 31.0 Å². The van der Waals surface area contributed by atoms with E-state index in [9.17, 15) is 35.6 Å². The second-order valence-electron chi connectivity index (χ2n) is 9.83. The summed E-state index contributed by atoms with van der Waals surface area (Å²) in [6.07, 6.45) is -3.71. The third kappa shape index (κ3) is 4.20. The van der Waals surface area contributed by atoms with Crippen LogP contribution in [0.15, 0.2) is 23.1 Å². The minimum Gasteiger partial charge on any atom is -0.449 e. The minimum atomic E-state index is -4.77. The number of nitrogens with one attached hydrogen (secondary N) is 1. The zero-order valence-electron chi connectivity index (χ0n) is 18.6. The second-order valence-corrected chi connectivity index (χ2v) is 11.7. The van der Waals surface area contributed by atoms with Crippen LogP contribution in [0, 0.1) is 11.2 Å². The number of piperidine rings is 1. The maximum Gasteiger partial charge on any atom is 0.416 e. The number of sulfonamides is 1. The first kappa shape index (κ1) is 24.1. The van der Waals surface area contributed by atoms with Gasteiger partial charge in [-0.2, -0.15) is 17.5 Å². The molecule has 4 heterocycles. The molecule has 0 aliphatic carbocycles. The van der Waals surface area contributed by atoms with Gasteiger partial charge in [0, 0.05) is 51.1 Å². The van der Waals surface area contributed by atoms with Gasteiger partial charge in [-0.15, -0.1) is 0 Å². The zero-order valence-corrected chi connectivity index (χ0v) is 19.4. The summed E-state index contributed by atoms with van der Waals surface area (Å²) in [7, 11) is -4.29. The number of hydrogen-bond acceptors (Lipinski definition) is 5. The molecule has 1 aromatic rings. The Morgan fingerprint density at radius 1 is 1.03 bits per heavy atom. The number of halogens is 4. The molecule has 9 nitrogen and oxygen atoms in total. The molecule has 2 spiro atoms. The van der Waals surface area contributed by atoms with Crippen molar-refractivity contribution in [1.82, 2.24) is 19.4 Å². The highest BCUT2D eigenvalue weighted by Gasteiger charge is 2.53. The van der Waals surface area contributed by atoms with E-state index in [1.807, 2.05) is 0 Å². The van der Waals surface area contributed by atoms with E-state index in [1.54, 1.807) is 9.80 Å². The normalized spacial score (nSPS) is 23.9. The van der Waals surface area contributed by atoms with Crippen molar-refractivity contribution in [3.05, 3.63) is 29.6 Å². The molecule has 0 unspecified atom stereocenters. The average molecular weight is 521 g/mol. The van der Waals surface area contributed by atoms with Crippen LogP contribution in [-0.4, -0.2) is 86.1 Å². The Hall–Kier alpha value is -2.61. The first-order valence-corrected chi connectivity index (χ1v) is 12.6. The number of alkyl halides is 3. The van der Waals surface area contributed by atoms with E-state index in [1.165, 1.54) is 0 Å². The highest BCUT2D eigenvalue weighted by molar-refractivity contribution is 7.89. The van der Waals surface area contributed by atoms with Crippen LogP contribution in [0.4, 0.5) is 27.2 Å². The summed E-state index contributed by atoms with van der Waals surface area (Å²) in [6, 6.07) is 1.27. The van der Waals surface area contributed by atoms with Crippen LogP contribution in [0.3, 0.4) is 0 Å². The molecular formula is C21H24F4N4O5S. The number of rotatable bonds is 2. The number of urea groups is 1. The molecule has 3 amide bonds. The van der Waals surface area contributed by atoms with Crippen LogP contribution >= 0.6 is 0 Å². The molecule has 0 aromatic heterocycles. The number of carbonyl (C=O) groups is 2. The molecule has 192 valence electrons. The summed E-state index contributed by atoms with van der Waals surface area (Å²) < 4.78 is 84.3. The third-order valence-electron chi connectivity index (χ3n) is 7.42. The smallest absolute Gasteiger partial charge is 0.416 e. The Bertz CT molecular complexity index is 1150. The van der Waals surface area contributed by atoms with E-state index in [0.717, 1.165) is 4.31 Å². The van der Waals surface area contributed by atoms with Gasteiger partial charge in [0.25, 0.3) is 0 Å². The summed E-state index contributed by atoms with van der Waals surface area (Å²) in [4.78, 5) is 26.8. The lowest BCUT2D eigenvalue weighted by atomic mass is 9.72. The van der Waals surface area contributed by atoms with Crippen molar-refractivity contribution in [3.63, 3.8) is 0 Å². The molecule has 4 fully saturated rings. The van der Waals surface area contributed by atoms with Gasteiger partial charge in [-0.1, -0.05) is 0 Å². The molecule has 4 aliphatic rings. The molecule has 35 heavy (non-hydrogen) atoms. The number of carbonyl (C=O) groups excluding carboxylic acids is 2. The fourth-order valence-corrected chi connectivity index (χ4v) is 6.84. The average Bonchev–Trinajstić information content (AvgIpc) is 2.74. The van der Waals surface area contributed by atoms with Crippen molar-refractivity contribution in [2.24, 2.45) is 5.41 Å². The van der Waals surface area contributed by atoms with Crippen molar-refractivity contribution < 1.29 is 40.3 Å². The number of amides is 3. The van der Waals surface area contributed by atoms with Gasteiger partial charge in [0.05, 0.1) is 17.7 Å². The Morgan fingerprint density at radius 2 is 1.66 bits per heavy atom. The first-order chi connectivity index (χ1) is 16.3. The fraction of sp³-hybridized carbons (Fsp3) is 0.619. The van der Waals surface area contributed by atoms with Crippen LogP contribution in [0.2, 0.25) is 0 Å². The minimum absolute atomic E-state index is 0.0870. The van der Waals surface area contributed by atoms with Crippen LogP contribution in [0.25, 0.3) is 0 Å². The van der Waals surface area contributed by atoms with E-state index in [-0.39, 0.29) is 30.6 Å². The zero-order chi connectivity index (χ0) is 25.2. The Balaban J connectivity index is 1.15. The van der Waals surface area contributed by atoms with Crippen molar-refractivity contribution in [2.45, 2.75) is 35.9 Å². The third-order valence-corrected chi connectivity index (χ3v) is 9.35. The number of hydrogen-bond donors (Lipinski definition) is 1. The van der Waals surface area contributed by atoms with Gasteiger partial charge >= 0.3 is 18.3 Å². The highest BCUT2D eigenvalue weighted by atomic mass is 32.2. The van der Waals surface area contributed by atoms with Gasteiger partial charge in [0.1, 0.15) is 10.7 Å². The fourth-order valence-electron chi connectivity index (χ4n) is 5.35. The van der Waals surface area contributed by atoms with Crippen molar-refractivity contribution in [1.29, 1.82) is 0 Å². The first-order valence-electron chi connectivity index (χ1n) is 11.2. The molecule has 5 rings (SSSR count). The highest BCUT2D eigenvalue weighted by Crippen LogP contribution is 2.43. The lowest BCUT2D eigenvalue weighted by molar-refractivity contribution is -0.137. The molecule has 1 N–H and O–H groups in total. The molecule has 0 bridgehead atoms. The summed E-state index contributed by atoms with van der Waals surface area (Å²) in [5.41, 5.74) is -1.92. The number of cyclic esters (lactones) is 1. The van der Waals surface area contributed by atoms with E-state index >= 15 is 0 Å². The Kier molecular flexibility index (Phi) is 5.47. The predicted molar refractivity (Wildman–Crippen MR) is 112 cm³/mol. The maximum atomic E-state index is 14.3. The quantitative estimate of drug-likeness (QED) is 0.604. The summed E-state index contributed by atoms with van der Waals surface area (Å²) in [5.74, 6) is -1.44. The van der Waals surface area contributed by atoms with Gasteiger partial charge in [0.2, 0.25) is 10.0 Å². The van der Waals surface area contributed by atoms with Crippen LogP contribution in [0.5, 0.6) is 0 Å². The predicted octanol–water partition coefficient (Wildman–Crippen LogP) is 2.24. The molecule has 0 radical (unpaired) electrons. The number of alkyl carbamates (subject to hydrolysis) is 1. The lowest BCUT2D eigenvalue weighted by Gasteiger charge is -2.58. The van der Waals surface area contributed by atoms with Crippen LogP contribution in [0.1, 0.15) is 24.8 Å². The lowest BCUT2D eigenvalue weighted by Crippen LogP contribution is -2.76. The molecular weight excluding hydrogens is 496 g/mol. The van der Waals surface area contributed by atoms with Crippen molar-refractivity contribution in [2.75, 3.05) is 45.9 Å². The Labute approximate surface area is 199 Å². The molecule has 1 aromatic carbocycles. The van der Waals surface area contributed by atoms with Crippen LogP contribution < -0.4 is 5.32 Å². The van der Waals surface area contributed by atoms with E-state index in [0.29, 0.717) is 64.2 Å². The van der Waals surface area contributed by atoms with E-state index < -0.39 is 44.1 Å². The molecule has 4 saturated heterocycles.